The average Bonchev–Trinajstić information content (AvgIpc) is 3.73. The Morgan fingerprint density at radius 2 is 1.04 bits per heavy atom. The summed E-state index contributed by atoms with van der Waals surface area (Å²) in [6.45, 7) is 0. The van der Waals surface area contributed by atoms with Gasteiger partial charge in [-0.05, 0) is 51.9 Å². The van der Waals surface area contributed by atoms with Gasteiger partial charge < -0.3 is 0 Å². The van der Waals surface area contributed by atoms with E-state index in [4.69, 9.17) is 20.1 Å². The van der Waals surface area contributed by atoms with Crippen LogP contribution < -0.4 is 0 Å². The van der Waals surface area contributed by atoms with Crippen molar-refractivity contribution in [1.82, 2.24) is 29.3 Å². The van der Waals surface area contributed by atoms with Crippen LogP contribution in [0, 0.1) is 0 Å². The molecule has 0 unspecified atom stereocenters. The Morgan fingerprint density at radius 3 is 1.77 bits per heavy atom. The first kappa shape index (κ1) is 26.5. The second-order valence-corrected chi connectivity index (χ2v) is 12.0. The average molecular weight is 615 g/mol. The summed E-state index contributed by atoms with van der Waals surface area (Å²) in [5.74, 6) is 1.81. The van der Waals surface area contributed by atoms with E-state index < -0.39 is 0 Å². The highest BCUT2D eigenvalue weighted by Crippen LogP contribution is 2.41. The lowest BCUT2D eigenvalue weighted by Gasteiger charge is -2.11. The number of para-hydroxylation sites is 1. The second kappa shape index (κ2) is 10.4. The van der Waals surface area contributed by atoms with E-state index in [0.29, 0.717) is 17.6 Å². The van der Waals surface area contributed by atoms with E-state index in [1.807, 2.05) is 89.7 Å². The zero-order valence-corrected chi connectivity index (χ0v) is 25.7. The fourth-order valence-electron chi connectivity index (χ4n) is 7.01. The fourth-order valence-corrected chi connectivity index (χ4v) is 7.01. The highest BCUT2D eigenvalue weighted by molar-refractivity contribution is 6.29. The van der Waals surface area contributed by atoms with Crippen LogP contribution in [-0.4, -0.2) is 29.3 Å². The number of benzene rings is 7. The summed E-state index contributed by atoms with van der Waals surface area (Å²) in [5, 5.41) is 13.0. The van der Waals surface area contributed by atoms with Crippen molar-refractivity contribution in [3.63, 3.8) is 0 Å². The molecule has 0 aliphatic heterocycles. The molecule has 0 amide bonds. The van der Waals surface area contributed by atoms with Gasteiger partial charge in [0.05, 0.1) is 28.4 Å². The summed E-state index contributed by atoms with van der Waals surface area (Å²) >= 11 is 0. The Kier molecular flexibility index (Phi) is 5.77. The van der Waals surface area contributed by atoms with E-state index >= 15 is 0 Å². The molecular weight excluding hydrogens is 589 g/mol. The molecule has 48 heavy (non-hydrogen) atoms. The van der Waals surface area contributed by atoms with Crippen molar-refractivity contribution in [3.8, 4) is 34.4 Å². The molecular formula is C42H26N6. The van der Waals surface area contributed by atoms with Crippen LogP contribution in [0.1, 0.15) is 0 Å². The Morgan fingerprint density at radius 1 is 0.417 bits per heavy atom. The van der Waals surface area contributed by atoms with Crippen LogP contribution in [0.2, 0.25) is 0 Å². The summed E-state index contributed by atoms with van der Waals surface area (Å²) in [6.07, 6.45) is 1.96. The molecule has 0 aliphatic carbocycles. The van der Waals surface area contributed by atoms with Crippen LogP contribution in [0.5, 0.6) is 0 Å². The highest BCUT2D eigenvalue weighted by Gasteiger charge is 2.21. The molecule has 0 saturated carbocycles. The maximum absolute atomic E-state index is 5.18. The second-order valence-electron chi connectivity index (χ2n) is 12.0. The largest absolute Gasteiger partial charge is 0.278 e. The lowest BCUT2D eigenvalue weighted by molar-refractivity contribution is 0.910. The van der Waals surface area contributed by atoms with E-state index in [9.17, 15) is 0 Å². The van der Waals surface area contributed by atoms with Crippen molar-refractivity contribution in [2.45, 2.75) is 0 Å². The smallest absolute Gasteiger partial charge is 0.238 e. The van der Waals surface area contributed by atoms with Crippen LogP contribution in [-0.2, 0) is 0 Å². The van der Waals surface area contributed by atoms with Crippen molar-refractivity contribution in [3.05, 3.63) is 158 Å². The number of hydrogen-bond acceptors (Lipinski definition) is 4. The van der Waals surface area contributed by atoms with Gasteiger partial charge in [-0.2, -0.15) is 15.1 Å². The molecule has 3 aromatic heterocycles. The SMILES string of the molecule is c1ccc(-c2nc(-c3ccccc3)nc(-n3c4cc5c(cnn5-c5ccccc5)cc4c4c5c(ccc6ccccc65)ccc43)n2)cc1. The first-order valence-corrected chi connectivity index (χ1v) is 16.0. The van der Waals surface area contributed by atoms with E-state index in [1.54, 1.807) is 0 Å². The van der Waals surface area contributed by atoms with Gasteiger partial charge in [0.1, 0.15) is 0 Å². The number of hydrogen-bond donors (Lipinski definition) is 0. The van der Waals surface area contributed by atoms with Crippen molar-refractivity contribution >= 4 is 54.3 Å². The standard InChI is InChI=1S/C42H26N6/c1-4-13-29(14-5-1)40-44-41(30-15-6-2-7-16-30)46-42(45-40)47-35-23-22-28-21-20-27-12-10-11-19-33(27)38(28)39(35)34-24-31-26-43-48(36(31)25-37(34)47)32-17-8-3-9-18-32/h1-26H. The molecule has 0 fully saturated rings. The Bertz CT molecular complexity index is 2760. The lowest BCUT2D eigenvalue weighted by atomic mass is 9.97. The predicted molar refractivity (Wildman–Crippen MR) is 195 cm³/mol. The monoisotopic (exact) mass is 614 g/mol. The molecule has 0 N–H and O–H groups in total. The Labute approximate surface area is 275 Å². The summed E-state index contributed by atoms with van der Waals surface area (Å²) < 4.78 is 4.21. The molecule has 0 saturated heterocycles. The summed E-state index contributed by atoms with van der Waals surface area (Å²) in [4.78, 5) is 15.3. The minimum absolute atomic E-state index is 0.562. The third-order valence-electron chi connectivity index (χ3n) is 9.21. The maximum Gasteiger partial charge on any atom is 0.238 e. The molecule has 3 heterocycles. The van der Waals surface area contributed by atoms with Gasteiger partial charge in [-0.3, -0.25) is 4.57 Å². The lowest BCUT2D eigenvalue weighted by Crippen LogP contribution is -2.06. The van der Waals surface area contributed by atoms with Crippen LogP contribution in [0.15, 0.2) is 158 Å². The predicted octanol–water partition coefficient (Wildman–Crippen LogP) is 9.95. The molecule has 0 aliphatic rings. The van der Waals surface area contributed by atoms with Gasteiger partial charge in [0.25, 0.3) is 0 Å². The van der Waals surface area contributed by atoms with Crippen LogP contribution in [0.4, 0.5) is 0 Å². The molecule has 0 spiro atoms. The van der Waals surface area contributed by atoms with E-state index in [0.717, 1.165) is 49.5 Å². The first-order chi connectivity index (χ1) is 23.8. The van der Waals surface area contributed by atoms with Gasteiger partial charge in [0, 0.05) is 27.3 Å². The van der Waals surface area contributed by atoms with Crippen molar-refractivity contribution < 1.29 is 0 Å². The molecule has 7 aromatic carbocycles. The van der Waals surface area contributed by atoms with Crippen LogP contribution >= 0.6 is 0 Å². The van der Waals surface area contributed by atoms with Crippen molar-refractivity contribution in [2.75, 3.05) is 0 Å². The molecule has 10 aromatic rings. The third kappa shape index (κ3) is 4.06. The summed E-state index contributed by atoms with van der Waals surface area (Å²) in [7, 11) is 0. The van der Waals surface area contributed by atoms with Gasteiger partial charge in [0.2, 0.25) is 5.95 Å². The Hall–Kier alpha value is -6.66. The van der Waals surface area contributed by atoms with Gasteiger partial charge >= 0.3 is 0 Å². The molecule has 224 valence electrons. The number of fused-ring (bicyclic) bond motifs is 8. The van der Waals surface area contributed by atoms with Gasteiger partial charge in [0.15, 0.2) is 11.6 Å². The first-order valence-electron chi connectivity index (χ1n) is 16.0. The highest BCUT2D eigenvalue weighted by atomic mass is 15.3. The van der Waals surface area contributed by atoms with Gasteiger partial charge in [-0.1, -0.05) is 121 Å². The minimum atomic E-state index is 0.562. The summed E-state index contributed by atoms with van der Waals surface area (Å²) in [5.41, 5.74) is 5.90. The molecule has 6 nitrogen and oxygen atoms in total. The fraction of sp³-hybridized carbons (Fsp3) is 0. The van der Waals surface area contributed by atoms with E-state index in [1.165, 1.54) is 21.5 Å². The van der Waals surface area contributed by atoms with E-state index in [2.05, 4.69) is 77.4 Å². The summed E-state index contributed by atoms with van der Waals surface area (Å²) in [6, 6.07) is 52.5. The minimum Gasteiger partial charge on any atom is -0.278 e. The normalized spacial score (nSPS) is 11.8. The quantitative estimate of drug-likeness (QED) is 0.185. The molecule has 0 radical (unpaired) electrons. The van der Waals surface area contributed by atoms with Gasteiger partial charge in [-0.25, -0.2) is 9.67 Å². The number of nitrogens with zero attached hydrogens (tertiary/aromatic N) is 6. The molecule has 6 heteroatoms. The Balaban J connectivity index is 1.37. The molecule has 0 bridgehead atoms. The van der Waals surface area contributed by atoms with E-state index in [-0.39, 0.29) is 0 Å². The van der Waals surface area contributed by atoms with Crippen LogP contribution in [0.25, 0.3) is 88.7 Å². The third-order valence-corrected chi connectivity index (χ3v) is 9.21. The van der Waals surface area contributed by atoms with Gasteiger partial charge in [-0.15, -0.1) is 0 Å². The zero-order chi connectivity index (χ0) is 31.6. The maximum atomic E-state index is 5.18. The van der Waals surface area contributed by atoms with Crippen molar-refractivity contribution in [2.24, 2.45) is 0 Å². The van der Waals surface area contributed by atoms with Crippen molar-refractivity contribution in [1.29, 1.82) is 0 Å². The topological polar surface area (TPSA) is 61.4 Å². The molecule has 0 atom stereocenters. The number of aromatic nitrogens is 6. The van der Waals surface area contributed by atoms with Crippen LogP contribution in [0.3, 0.4) is 0 Å². The molecule has 10 rings (SSSR count). The zero-order valence-electron chi connectivity index (χ0n) is 25.7. The number of rotatable bonds is 4.